The number of hydrogen-bond acceptors (Lipinski definition) is 3. The van der Waals surface area contributed by atoms with E-state index in [0.29, 0.717) is 5.69 Å². The van der Waals surface area contributed by atoms with Gasteiger partial charge < -0.3 is 5.32 Å². The third kappa shape index (κ3) is 5.34. The Morgan fingerprint density at radius 2 is 1.73 bits per heavy atom. The van der Waals surface area contributed by atoms with Gasteiger partial charge in [0.25, 0.3) is 5.56 Å². The lowest BCUT2D eigenvalue weighted by Gasteiger charge is -2.13. The Morgan fingerprint density at radius 1 is 1.03 bits per heavy atom. The molecular weight excluding hydrogens is 395 g/mol. The molecule has 0 aliphatic rings. The molecule has 0 fully saturated rings. The Bertz CT molecular complexity index is 1090. The van der Waals surface area contributed by atoms with Gasteiger partial charge in [0.15, 0.2) is 0 Å². The van der Waals surface area contributed by atoms with E-state index in [1.807, 2.05) is 31.2 Å². The van der Waals surface area contributed by atoms with Gasteiger partial charge in [-0.25, -0.2) is 4.68 Å². The molecular formula is C22H20F3N3O2. The van der Waals surface area contributed by atoms with Crippen molar-refractivity contribution in [3.8, 4) is 11.3 Å². The molecule has 156 valence electrons. The molecule has 0 unspecified atom stereocenters. The second kappa shape index (κ2) is 8.94. The maximum absolute atomic E-state index is 13.0. The number of rotatable bonds is 6. The van der Waals surface area contributed by atoms with Crippen LogP contribution < -0.4 is 10.9 Å². The first kappa shape index (κ1) is 21.3. The molecule has 1 aromatic heterocycles. The molecule has 30 heavy (non-hydrogen) atoms. The van der Waals surface area contributed by atoms with Crippen molar-refractivity contribution in [3.05, 3.63) is 82.1 Å². The van der Waals surface area contributed by atoms with Gasteiger partial charge in [-0.15, -0.1) is 0 Å². The quantitative estimate of drug-likeness (QED) is 0.637. The highest BCUT2D eigenvalue weighted by atomic mass is 19.4. The first-order chi connectivity index (χ1) is 14.2. The summed E-state index contributed by atoms with van der Waals surface area (Å²) in [7, 11) is 0. The van der Waals surface area contributed by atoms with Crippen LogP contribution in [-0.4, -0.2) is 15.7 Å². The lowest BCUT2D eigenvalue weighted by Crippen LogP contribution is -2.23. The van der Waals surface area contributed by atoms with Crippen molar-refractivity contribution in [1.29, 1.82) is 0 Å². The Balaban J connectivity index is 1.63. The van der Waals surface area contributed by atoms with Crippen molar-refractivity contribution in [2.45, 2.75) is 32.5 Å². The van der Waals surface area contributed by atoms with E-state index in [1.54, 1.807) is 6.07 Å². The zero-order chi connectivity index (χ0) is 21.7. The molecule has 0 radical (unpaired) electrons. The summed E-state index contributed by atoms with van der Waals surface area (Å²) in [6, 6.07) is 15.5. The molecule has 8 heteroatoms. The third-order valence-electron chi connectivity index (χ3n) is 4.49. The summed E-state index contributed by atoms with van der Waals surface area (Å²) < 4.78 is 40.3. The minimum atomic E-state index is -4.56. The van der Waals surface area contributed by atoms with E-state index >= 15 is 0 Å². The molecule has 1 amide bonds. The van der Waals surface area contributed by atoms with E-state index in [4.69, 9.17) is 0 Å². The second-order valence-electron chi connectivity index (χ2n) is 6.84. The van der Waals surface area contributed by atoms with Gasteiger partial charge in [-0.2, -0.15) is 18.3 Å². The maximum atomic E-state index is 13.0. The SMILES string of the molecule is Cc1ccc(-c2ccc(=O)n(CCCC(=O)Nc3ccccc3C(F)(F)F)n2)cc1. The van der Waals surface area contributed by atoms with Crippen LogP contribution in [0.4, 0.5) is 18.9 Å². The predicted octanol–water partition coefficient (Wildman–Crippen LogP) is 4.66. The first-order valence-corrected chi connectivity index (χ1v) is 9.35. The number of nitrogens with one attached hydrogen (secondary N) is 1. The van der Waals surface area contributed by atoms with Crippen molar-refractivity contribution in [2.24, 2.45) is 0 Å². The fourth-order valence-electron chi connectivity index (χ4n) is 2.93. The van der Waals surface area contributed by atoms with E-state index in [1.165, 1.54) is 28.9 Å². The smallest absolute Gasteiger partial charge is 0.326 e. The second-order valence-corrected chi connectivity index (χ2v) is 6.84. The Labute approximate surface area is 171 Å². The number of anilines is 1. The maximum Gasteiger partial charge on any atom is 0.418 e. The summed E-state index contributed by atoms with van der Waals surface area (Å²) in [6.07, 6.45) is -4.35. The topological polar surface area (TPSA) is 64.0 Å². The van der Waals surface area contributed by atoms with E-state index in [2.05, 4.69) is 10.4 Å². The lowest BCUT2D eigenvalue weighted by molar-refractivity contribution is -0.137. The van der Waals surface area contributed by atoms with Gasteiger partial charge in [0.05, 0.1) is 16.9 Å². The highest BCUT2D eigenvalue weighted by Crippen LogP contribution is 2.34. The number of para-hydroxylation sites is 1. The fraction of sp³-hybridized carbons (Fsp3) is 0.227. The molecule has 0 aliphatic carbocycles. The summed E-state index contributed by atoms with van der Waals surface area (Å²) in [5, 5.41) is 6.62. The zero-order valence-corrected chi connectivity index (χ0v) is 16.2. The van der Waals surface area contributed by atoms with Crippen LogP contribution in [0.25, 0.3) is 11.3 Å². The Hall–Kier alpha value is -3.42. The number of aryl methyl sites for hydroxylation is 2. The number of nitrogens with zero attached hydrogens (tertiary/aromatic N) is 2. The number of alkyl halides is 3. The average Bonchev–Trinajstić information content (AvgIpc) is 2.70. The molecule has 1 heterocycles. The largest absolute Gasteiger partial charge is 0.418 e. The Kier molecular flexibility index (Phi) is 6.34. The van der Waals surface area contributed by atoms with Crippen molar-refractivity contribution in [3.63, 3.8) is 0 Å². The summed E-state index contributed by atoms with van der Waals surface area (Å²) >= 11 is 0. The number of benzene rings is 2. The van der Waals surface area contributed by atoms with Gasteiger partial charge in [0.2, 0.25) is 5.91 Å². The van der Waals surface area contributed by atoms with Crippen molar-refractivity contribution >= 4 is 11.6 Å². The number of halogens is 3. The highest BCUT2D eigenvalue weighted by molar-refractivity contribution is 5.91. The molecule has 3 rings (SSSR count). The molecule has 0 bridgehead atoms. The highest BCUT2D eigenvalue weighted by Gasteiger charge is 2.33. The minimum absolute atomic E-state index is 0.0466. The monoisotopic (exact) mass is 415 g/mol. The number of aromatic nitrogens is 2. The molecule has 0 spiro atoms. The number of hydrogen-bond donors (Lipinski definition) is 1. The van der Waals surface area contributed by atoms with E-state index in [-0.39, 0.29) is 30.6 Å². The third-order valence-corrected chi connectivity index (χ3v) is 4.49. The molecule has 0 aliphatic heterocycles. The molecule has 1 N–H and O–H groups in total. The fourth-order valence-corrected chi connectivity index (χ4v) is 2.93. The van der Waals surface area contributed by atoms with Crippen LogP contribution in [0.3, 0.4) is 0 Å². The Morgan fingerprint density at radius 3 is 2.43 bits per heavy atom. The average molecular weight is 415 g/mol. The zero-order valence-electron chi connectivity index (χ0n) is 16.2. The van der Waals surface area contributed by atoms with E-state index in [0.717, 1.165) is 17.2 Å². The van der Waals surface area contributed by atoms with Crippen molar-refractivity contribution in [2.75, 3.05) is 5.32 Å². The van der Waals surface area contributed by atoms with Crippen LogP contribution >= 0.6 is 0 Å². The van der Waals surface area contributed by atoms with Gasteiger partial charge in [-0.3, -0.25) is 9.59 Å². The van der Waals surface area contributed by atoms with Crippen LogP contribution in [0.1, 0.15) is 24.0 Å². The summed E-state index contributed by atoms with van der Waals surface area (Å²) in [6.45, 7) is 2.14. The van der Waals surface area contributed by atoms with Crippen molar-refractivity contribution < 1.29 is 18.0 Å². The van der Waals surface area contributed by atoms with Crippen LogP contribution in [0.5, 0.6) is 0 Å². The number of carbonyl (C=O) groups is 1. The van der Waals surface area contributed by atoms with Gasteiger partial charge in [-0.05, 0) is 31.5 Å². The number of amides is 1. The van der Waals surface area contributed by atoms with Gasteiger partial charge in [0, 0.05) is 24.6 Å². The predicted molar refractivity (Wildman–Crippen MR) is 108 cm³/mol. The first-order valence-electron chi connectivity index (χ1n) is 9.35. The molecule has 0 saturated heterocycles. The van der Waals surface area contributed by atoms with Gasteiger partial charge >= 0.3 is 6.18 Å². The van der Waals surface area contributed by atoms with Gasteiger partial charge in [-0.1, -0.05) is 42.0 Å². The van der Waals surface area contributed by atoms with Crippen LogP contribution in [0.2, 0.25) is 0 Å². The van der Waals surface area contributed by atoms with Crippen molar-refractivity contribution in [1.82, 2.24) is 9.78 Å². The minimum Gasteiger partial charge on any atom is -0.326 e. The molecule has 0 saturated carbocycles. The molecule has 0 atom stereocenters. The van der Waals surface area contributed by atoms with Gasteiger partial charge in [0.1, 0.15) is 0 Å². The summed E-state index contributed by atoms with van der Waals surface area (Å²) in [5.41, 5.74) is 1.08. The standard InChI is InChI=1S/C22H20F3N3O2/c1-15-8-10-16(11-9-15)18-12-13-21(30)28(27-18)14-4-7-20(29)26-19-6-3-2-5-17(19)22(23,24)25/h2-3,5-6,8-13H,4,7,14H2,1H3,(H,26,29). The van der Waals surface area contributed by atoms with E-state index < -0.39 is 17.6 Å². The van der Waals surface area contributed by atoms with E-state index in [9.17, 15) is 22.8 Å². The van der Waals surface area contributed by atoms with Crippen LogP contribution in [0.15, 0.2) is 65.5 Å². The molecule has 2 aromatic carbocycles. The summed E-state index contributed by atoms with van der Waals surface area (Å²) in [4.78, 5) is 24.2. The summed E-state index contributed by atoms with van der Waals surface area (Å²) in [5.74, 6) is -0.561. The number of carbonyl (C=O) groups excluding carboxylic acids is 1. The normalized spacial score (nSPS) is 11.3. The molecule has 3 aromatic rings. The van der Waals surface area contributed by atoms with Crippen LogP contribution in [-0.2, 0) is 17.5 Å². The van der Waals surface area contributed by atoms with Crippen LogP contribution in [0, 0.1) is 6.92 Å². The lowest BCUT2D eigenvalue weighted by atomic mass is 10.1. The molecule has 5 nitrogen and oxygen atoms in total.